The van der Waals surface area contributed by atoms with Gasteiger partial charge in [0.25, 0.3) is 10.0 Å². The zero-order chi connectivity index (χ0) is 13.9. The Hall–Kier alpha value is 0.340. The topological polar surface area (TPSA) is 46.6 Å². The van der Waals surface area contributed by atoms with Gasteiger partial charge in [0.2, 0.25) is 0 Å². The van der Waals surface area contributed by atoms with Crippen LogP contribution in [0.4, 0.5) is 0 Å². The molecular formula is C11H15BrClNO3S2. The van der Waals surface area contributed by atoms with E-state index in [1.807, 2.05) is 0 Å². The number of hydrogen-bond donors (Lipinski definition) is 0. The molecule has 4 nitrogen and oxygen atoms in total. The van der Waals surface area contributed by atoms with Crippen molar-refractivity contribution in [1.29, 1.82) is 0 Å². The van der Waals surface area contributed by atoms with Crippen LogP contribution in [0.1, 0.15) is 12.8 Å². The van der Waals surface area contributed by atoms with Crippen molar-refractivity contribution < 1.29 is 13.2 Å². The van der Waals surface area contributed by atoms with E-state index >= 15 is 0 Å². The molecule has 0 N–H and O–H groups in total. The predicted octanol–water partition coefficient (Wildman–Crippen LogP) is 2.92. The van der Waals surface area contributed by atoms with Gasteiger partial charge in [0.1, 0.15) is 4.21 Å². The Labute approximate surface area is 130 Å². The summed E-state index contributed by atoms with van der Waals surface area (Å²) in [6.07, 6.45) is 1.56. The van der Waals surface area contributed by atoms with E-state index < -0.39 is 10.0 Å². The first-order valence-corrected chi connectivity index (χ1v) is 9.61. The van der Waals surface area contributed by atoms with E-state index in [1.165, 1.54) is 15.6 Å². The SMILES string of the molecule is O=S(=O)(c1sccc1Br)N1CCC(OCCCl)CC1. The van der Waals surface area contributed by atoms with Gasteiger partial charge in [0, 0.05) is 23.4 Å². The summed E-state index contributed by atoms with van der Waals surface area (Å²) in [7, 11) is -3.37. The molecule has 19 heavy (non-hydrogen) atoms. The maximum absolute atomic E-state index is 12.4. The summed E-state index contributed by atoms with van der Waals surface area (Å²) in [5, 5.41) is 1.77. The van der Waals surface area contributed by atoms with E-state index in [9.17, 15) is 8.42 Å². The molecule has 1 aromatic heterocycles. The Balaban J connectivity index is 2.00. The van der Waals surface area contributed by atoms with Crippen molar-refractivity contribution in [3.8, 4) is 0 Å². The highest BCUT2D eigenvalue weighted by Crippen LogP contribution is 2.31. The van der Waals surface area contributed by atoms with Crippen LogP contribution in [-0.2, 0) is 14.8 Å². The fraction of sp³-hybridized carbons (Fsp3) is 0.636. The van der Waals surface area contributed by atoms with Crippen LogP contribution in [0.5, 0.6) is 0 Å². The summed E-state index contributed by atoms with van der Waals surface area (Å²) in [6.45, 7) is 1.52. The average Bonchev–Trinajstić information content (AvgIpc) is 2.84. The molecule has 1 aliphatic heterocycles. The van der Waals surface area contributed by atoms with Crippen molar-refractivity contribution in [3.05, 3.63) is 15.9 Å². The van der Waals surface area contributed by atoms with Crippen LogP contribution in [0.2, 0.25) is 0 Å². The summed E-state index contributed by atoms with van der Waals surface area (Å²) in [5.74, 6) is 0.473. The van der Waals surface area contributed by atoms with E-state index in [0.717, 1.165) is 12.8 Å². The first-order chi connectivity index (χ1) is 9.05. The number of halogens is 2. The number of thiophene rings is 1. The average molecular weight is 389 g/mol. The van der Waals surface area contributed by atoms with Gasteiger partial charge in [-0.1, -0.05) is 0 Å². The molecular weight excluding hydrogens is 374 g/mol. The molecule has 0 amide bonds. The van der Waals surface area contributed by atoms with Crippen LogP contribution in [0, 0.1) is 0 Å². The minimum Gasteiger partial charge on any atom is -0.377 e. The zero-order valence-corrected chi connectivity index (χ0v) is 14.2. The van der Waals surface area contributed by atoms with Gasteiger partial charge in [-0.05, 0) is 40.2 Å². The van der Waals surface area contributed by atoms with Crippen molar-refractivity contribution in [2.24, 2.45) is 0 Å². The van der Waals surface area contributed by atoms with Gasteiger partial charge in [0.15, 0.2) is 0 Å². The highest BCUT2D eigenvalue weighted by atomic mass is 79.9. The summed E-state index contributed by atoms with van der Waals surface area (Å²) >= 11 is 10.1. The number of nitrogens with zero attached hydrogens (tertiary/aromatic N) is 1. The molecule has 0 bridgehead atoms. The van der Waals surface area contributed by atoms with E-state index in [2.05, 4.69) is 15.9 Å². The molecule has 0 aliphatic carbocycles. The number of rotatable bonds is 5. The summed E-state index contributed by atoms with van der Waals surface area (Å²) in [5.41, 5.74) is 0. The second kappa shape index (κ2) is 6.87. The van der Waals surface area contributed by atoms with Crippen LogP contribution >= 0.6 is 38.9 Å². The highest BCUT2D eigenvalue weighted by Gasteiger charge is 2.31. The van der Waals surface area contributed by atoms with E-state index in [-0.39, 0.29) is 6.10 Å². The molecule has 1 aromatic rings. The van der Waals surface area contributed by atoms with Crippen molar-refractivity contribution in [2.45, 2.75) is 23.2 Å². The monoisotopic (exact) mass is 387 g/mol. The summed E-state index contributed by atoms with van der Waals surface area (Å²) in [4.78, 5) is 0. The summed E-state index contributed by atoms with van der Waals surface area (Å²) < 4.78 is 33.0. The molecule has 0 unspecified atom stereocenters. The quantitative estimate of drug-likeness (QED) is 0.729. The molecule has 0 radical (unpaired) electrons. The van der Waals surface area contributed by atoms with Crippen molar-refractivity contribution in [1.82, 2.24) is 4.31 Å². The Bertz CT molecular complexity index is 512. The minimum absolute atomic E-state index is 0.122. The lowest BCUT2D eigenvalue weighted by Crippen LogP contribution is -2.40. The summed E-state index contributed by atoms with van der Waals surface area (Å²) in [6, 6.07) is 1.76. The lowest BCUT2D eigenvalue weighted by atomic mass is 10.1. The first-order valence-electron chi connectivity index (χ1n) is 5.96. The number of ether oxygens (including phenoxy) is 1. The number of sulfonamides is 1. The van der Waals surface area contributed by atoms with Crippen LogP contribution in [-0.4, -0.2) is 44.4 Å². The van der Waals surface area contributed by atoms with Crippen LogP contribution < -0.4 is 0 Å². The van der Waals surface area contributed by atoms with Crippen LogP contribution in [0.3, 0.4) is 0 Å². The molecule has 0 aromatic carbocycles. The van der Waals surface area contributed by atoms with Crippen molar-refractivity contribution in [2.75, 3.05) is 25.6 Å². The zero-order valence-electron chi connectivity index (χ0n) is 10.2. The van der Waals surface area contributed by atoms with Gasteiger partial charge in [-0.3, -0.25) is 0 Å². The maximum atomic E-state index is 12.4. The number of alkyl halides is 1. The molecule has 8 heteroatoms. The smallest absolute Gasteiger partial charge is 0.253 e. The fourth-order valence-electron chi connectivity index (χ4n) is 2.03. The van der Waals surface area contributed by atoms with Gasteiger partial charge >= 0.3 is 0 Å². The lowest BCUT2D eigenvalue weighted by molar-refractivity contribution is 0.0301. The Kier molecular flexibility index (Phi) is 5.68. The standard InChI is InChI=1S/C11H15BrClNO3S2/c12-10-3-8-18-11(10)19(15,16)14-5-1-9(2-6-14)17-7-4-13/h3,8-9H,1-2,4-7H2. The normalized spacial score (nSPS) is 18.8. The molecule has 1 fully saturated rings. The third-order valence-electron chi connectivity index (χ3n) is 2.99. The molecule has 108 valence electrons. The first kappa shape index (κ1) is 15.7. The Morgan fingerprint density at radius 2 is 2.16 bits per heavy atom. The van der Waals surface area contributed by atoms with Gasteiger partial charge < -0.3 is 4.74 Å². The Morgan fingerprint density at radius 3 is 2.68 bits per heavy atom. The highest BCUT2D eigenvalue weighted by molar-refractivity contribution is 9.10. The molecule has 2 rings (SSSR count). The minimum atomic E-state index is -3.37. The molecule has 0 saturated carbocycles. The lowest BCUT2D eigenvalue weighted by Gasteiger charge is -2.30. The van der Waals surface area contributed by atoms with E-state index in [4.69, 9.17) is 16.3 Å². The van der Waals surface area contributed by atoms with Crippen LogP contribution in [0.25, 0.3) is 0 Å². The largest absolute Gasteiger partial charge is 0.377 e. The third-order valence-corrected chi connectivity index (χ3v) is 7.69. The number of piperidine rings is 1. The van der Waals surface area contributed by atoms with Gasteiger partial charge in [0.05, 0.1) is 12.7 Å². The second-order valence-corrected chi connectivity index (χ2v) is 8.50. The number of hydrogen-bond acceptors (Lipinski definition) is 4. The van der Waals surface area contributed by atoms with Crippen LogP contribution in [0.15, 0.2) is 20.1 Å². The third kappa shape index (κ3) is 3.71. The van der Waals surface area contributed by atoms with Gasteiger partial charge in [-0.25, -0.2) is 8.42 Å². The predicted molar refractivity (Wildman–Crippen MR) is 80.5 cm³/mol. The van der Waals surface area contributed by atoms with E-state index in [1.54, 1.807) is 11.4 Å². The van der Waals surface area contributed by atoms with Gasteiger partial charge in [-0.15, -0.1) is 22.9 Å². The second-order valence-electron chi connectivity index (χ2n) is 4.22. The van der Waals surface area contributed by atoms with Crippen molar-refractivity contribution in [3.63, 3.8) is 0 Å². The molecule has 1 aliphatic rings. The molecule has 0 atom stereocenters. The molecule has 1 saturated heterocycles. The van der Waals surface area contributed by atoms with Crippen molar-refractivity contribution >= 4 is 48.9 Å². The molecule has 2 heterocycles. The molecule has 0 spiro atoms. The van der Waals surface area contributed by atoms with Gasteiger partial charge in [-0.2, -0.15) is 4.31 Å². The fourth-order valence-corrected chi connectivity index (χ4v) is 6.04. The maximum Gasteiger partial charge on any atom is 0.253 e. The van der Waals surface area contributed by atoms with E-state index in [0.29, 0.717) is 34.3 Å². The Morgan fingerprint density at radius 1 is 1.47 bits per heavy atom.